The molecule has 0 spiro atoms. The summed E-state index contributed by atoms with van der Waals surface area (Å²) in [6, 6.07) is 3.31. The Balaban J connectivity index is 1.84. The van der Waals surface area contributed by atoms with E-state index in [1.807, 2.05) is 6.07 Å². The SMILES string of the molecule is CC1(C)C(=O)CC[C@]2(C)[C@H]3Cc4cc(O)cc(O)c4[C@]3(C)CC[C@@H]12. The minimum atomic E-state index is -0.257. The summed E-state index contributed by atoms with van der Waals surface area (Å²) in [6.07, 6.45) is 4.54. The van der Waals surface area contributed by atoms with Crippen LogP contribution in [0.2, 0.25) is 0 Å². The summed E-state index contributed by atoms with van der Waals surface area (Å²) in [5.41, 5.74) is 1.92. The quantitative estimate of drug-likeness (QED) is 0.745. The molecular formula is C21H28O3. The number of carbonyl (C=O) groups excluding carboxylic acids is 1. The highest BCUT2D eigenvalue weighted by molar-refractivity contribution is 5.85. The van der Waals surface area contributed by atoms with Crippen molar-refractivity contribution < 1.29 is 15.0 Å². The summed E-state index contributed by atoms with van der Waals surface area (Å²) < 4.78 is 0. The summed E-state index contributed by atoms with van der Waals surface area (Å²) in [4.78, 5) is 12.5. The molecule has 1 aromatic carbocycles. The van der Waals surface area contributed by atoms with Crippen LogP contribution in [0, 0.1) is 22.7 Å². The lowest BCUT2D eigenvalue weighted by Crippen LogP contribution is -2.57. The van der Waals surface area contributed by atoms with Gasteiger partial charge in [0.25, 0.3) is 0 Å². The van der Waals surface area contributed by atoms with E-state index in [0.29, 0.717) is 24.0 Å². The molecule has 0 bridgehead atoms. The molecule has 4 atom stereocenters. The zero-order valence-electron chi connectivity index (χ0n) is 15.1. The molecule has 130 valence electrons. The zero-order chi connectivity index (χ0) is 17.5. The summed E-state index contributed by atoms with van der Waals surface area (Å²) >= 11 is 0. The van der Waals surface area contributed by atoms with Crippen molar-refractivity contribution in [1.82, 2.24) is 0 Å². The highest BCUT2D eigenvalue weighted by Gasteiger charge is 2.63. The first-order valence-electron chi connectivity index (χ1n) is 9.19. The number of carbonyl (C=O) groups is 1. The van der Waals surface area contributed by atoms with Gasteiger partial charge in [-0.15, -0.1) is 0 Å². The Morgan fingerprint density at radius 1 is 1.04 bits per heavy atom. The second-order valence-electron chi connectivity index (χ2n) is 9.42. The standard InChI is InChI=1S/C21H28O3/c1-19(2)15-5-7-21(4)16(20(15,3)8-6-17(19)24)10-12-9-13(22)11-14(23)18(12)21/h9,11,15-16,22-23H,5-8,10H2,1-4H3/t15-,16+,20-,21+/m0/s1. The third-order valence-electron chi connectivity index (χ3n) is 7.97. The number of hydrogen-bond donors (Lipinski definition) is 2. The Labute approximate surface area is 144 Å². The fraction of sp³-hybridized carbons (Fsp3) is 0.667. The van der Waals surface area contributed by atoms with Crippen molar-refractivity contribution in [3.8, 4) is 11.5 Å². The number of hydrogen-bond acceptors (Lipinski definition) is 3. The van der Waals surface area contributed by atoms with E-state index >= 15 is 0 Å². The van der Waals surface area contributed by atoms with Gasteiger partial charge in [0.1, 0.15) is 17.3 Å². The van der Waals surface area contributed by atoms with Crippen LogP contribution in [0.4, 0.5) is 0 Å². The number of rotatable bonds is 0. The van der Waals surface area contributed by atoms with Gasteiger partial charge < -0.3 is 10.2 Å². The normalized spacial score (nSPS) is 39.9. The van der Waals surface area contributed by atoms with Crippen LogP contribution in [0.5, 0.6) is 11.5 Å². The number of Topliss-reactive ketones (excluding diaryl/α,β-unsaturated/α-hetero) is 1. The van der Waals surface area contributed by atoms with Crippen LogP contribution in [-0.2, 0) is 16.6 Å². The van der Waals surface area contributed by atoms with Crippen LogP contribution in [-0.4, -0.2) is 16.0 Å². The van der Waals surface area contributed by atoms with E-state index in [1.165, 1.54) is 6.07 Å². The van der Waals surface area contributed by atoms with Gasteiger partial charge in [-0.25, -0.2) is 0 Å². The highest BCUT2D eigenvalue weighted by Crippen LogP contribution is 2.67. The maximum atomic E-state index is 12.5. The first-order chi connectivity index (χ1) is 11.1. The molecule has 3 aliphatic rings. The predicted molar refractivity (Wildman–Crippen MR) is 93.2 cm³/mol. The van der Waals surface area contributed by atoms with Crippen LogP contribution < -0.4 is 0 Å². The molecule has 2 saturated carbocycles. The topological polar surface area (TPSA) is 57.5 Å². The molecule has 2 N–H and O–H groups in total. The van der Waals surface area contributed by atoms with Gasteiger partial charge in [-0.2, -0.15) is 0 Å². The van der Waals surface area contributed by atoms with E-state index < -0.39 is 0 Å². The zero-order valence-corrected chi connectivity index (χ0v) is 15.1. The Bertz CT molecular complexity index is 735. The highest BCUT2D eigenvalue weighted by atomic mass is 16.3. The molecule has 4 rings (SSSR count). The van der Waals surface area contributed by atoms with E-state index in [1.54, 1.807) is 0 Å². The van der Waals surface area contributed by atoms with Crippen molar-refractivity contribution in [3.05, 3.63) is 23.3 Å². The molecule has 0 aromatic heterocycles. The van der Waals surface area contributed by atoms with E-state index in [9.17, 15) is 15.0 Å². The molecule has 0 aliphatic heterocycles. The van der Waals surface area contributed by atoms with Crippen molar-refractivity contribution in [2.45, 2.75) is 65.2 Å². The first kappa shape index (κ1) is 16.0. The lowest BCUT2D eigenvalue weighted by Gasteiger charge is -2.60. The summed E-state index contributed by atoms with van der Waals surface area (Å²) in [6.45, 7) is 8.92. The Hall–Kier alpha value is -1.51. The number of fused-ring (bicyclic) bond motifs is 5. The molecular weight excluding hydrogens is 300 g/mol. The summed E-state index contributed by atoms with van der Waals surface area (Å²) in [5.74, 6) is 1.61. The van der Waals surface area contributed by atoms with Gasteiger partial charge in [-0.3, -0.25) is 4.79 Å². The molecule has 3 heteroatoms. The van der Waals surface area contributed by atoms with E-state index in [4.69, 9.17) is 0 Å². The fourth-order valence-electron chi connectivity index (χ4n) is 6.82. The smallest absolute Gasteiger partial charge is 0.138 e. The van der Waals surface area contributed by atoms with Crippen molar-refractivity contribution in [1.29, 1.82) is 0 Å². The monoisotopic (exact) mass is 328 g/mol. The number of benzene rings is 1. The lowest BCUT2D eigenvalue weighted by molar-refractivity contribution is -0.151. The third-order valence-corrected chi connectivity index (χ3v) is 7.97. The van der Waals surface area contributed by atoms with Crippen molar-refractivity contribution in [3.63, 3.8) is 0 Å². The molecule has 0 saturated heterocycles. The number of ketones is 1. The van der Waals surface area contributed by atoms with Crippen LogP contribution in [0.1, 0.15) is 64.5 Å². The Morgan fingerprint density at radius 2 is 1.75 bits per heavy atom. The molecule has 24 heavy (non-hydrogen) atoms. The molecule has 0 heterocycles. The molecule has 3 nitrogen and oxygen atoms in total. The molecule has 0 amide bonds. The van der Waals surface area contributed by atoms with Crippen molar-refractivity contribution in [2.24, 2.45) is 22.7 Å². The molecule has 0 unspecified atom stereocenters. The van der Waals surface area contributed by atoms with Crippen LogP contribution in [0.25, 0.3) is 0 Å². The Kier molecular flexibility index (Phi) is 3.04. The van der Waals surface area contributed by atoms with Crippen LogP contribution >= 0.6 is 0 Å². The average Bonchev–Trinajstić information content (AvgIpc) is 2.77. The van der Waals surface area contributed by atoms with E-state index in [-0.39, 0.29) is 27.7 Å². The van der Waals surface area contributed by atoms with Crippen LogP contribution in [0.15, 0.2) is 12.1 Å². The van der Waals surface area contributed by atoms with Gasteiger partial charge in [0, 0.05) is 28.9 Å². The average molecular weight is 328 g/mol. The molecule has 2 fully saturated rings. The van der Waals surface area contributed by atoms with Crippen molar-refractivity contribution >= 4 is 5.78 Å². The molecule has 3 aliphatic carbocycles. The number of phenolic OH excluding ortho intramolecular Hbond substituents is 2. The largest absolute Gasteiger partial charge is 0.508 e. The van der Waals surface area contributed by atoms with Gasteiger partial charge in [0.15, 0.2) is 0 Å². The van der Waals surface area contributed by atoms with Crippen molar-refractivity contribution in [2.75, 3.05) is 0 Å². The molecule has 0 radical (unpaired) electrons. The second-order valence-corrected chi connectivity index (χ2v) is 9.42. The first-order valence-corrected chi connectivity index (χ1v) is 9.19. The Morgan fingerprint density at radius 3 is 2.46 bits per heavy atom. The second kappa shape index (κ2) is 4.56. The van der Waals surface area contributed by atoms with Crippen LogP contribution in [0.3, 0.4) is 0 Å². The minimum absolute atomic E-state index is 0.0607. The van der Waals surface area contributed by atoms with Gasteiger partial charge >= 0.3 is 0 Å². The van der Waals surface area contributed by atoms with Gasteiger partial charge in [0.05, 0.1) is 0 Å². The molecule has 1 aromatic rings. The van der Waals surface area contributed by atoms with Gasteiger partial charge in [-0.1, -0.05) is 27.7 Å². The third kappa shape index (κ3) is 1.76. The predicted octanol–water partition coefficient (Wildman–Crippen LogP) is 4.33. The lowest BCUT2D eigenvalue weighted by atomic mass is 9.43. The maximum Gasteiger partial charge on any atom is 0.138 e. The minimum Gasteiger partial charge on any atom is -0.508 e. The van der Waals surface area contributed by atoms with E-state index in [0.717, 1.165) is 36.8 Å². The number of aromatic hydroxyl groups is 2. The number of phenols is 2. The van der Waals surface area contributed by atoms with Gasteiger partial charge in [-0.05, 0) is 54.6 Å². The van der Waals surface area contributed by atoms with Gasteiger partial charge in [0.2, 0.25) is 0 Å². The summed E-state index contributed by atoms with van der Waals surface area (Å²) in [5, 5.41) is 20.4. The fourth-order valence-corrected chi connectivity index (χ4v) is 6.82. The maximum absolute atomic E-state index is 12.5. The summed E-state index contributed by atoms with van der Waals surface area (Å²) in [7, 11) is 0. The van der Waals surface area contributed by atoms with E-state index in [2.05, 4.69) is 27.7 Å².